The van der Waals surface area contributed by atoms with Crippen molar-refractivity contribution in [3.8, 4) is 5.75 Å². The number of aromatic nitrogens is 2. The van der Waals surface area contributed by atoms with Crippen LogP contribution in [0.15, 0.2) is 36.5 Å². The third-order valence-electron chi connectivity index (χ3n) is 4.25. The topological polar surface area (TPSA) is 59.4 Å². The molecule has 1 amide bonds. The number of amides is 1. The maximum atomic E-state index is 12.9. The fraction of sp³-hybridized carbons (Fsp3) is 0.444. The van der Waals surface area contributed by atoms with Gasteiger partial charge in [-0.15, -0.1) is 0 Å². The van der Waals surface area contributed by atoms with Gasteiger partial charge in [0.15, 0.2) is 5.82 Å². The molecule has 1 atom stereocenters. The zero-order chi connectivity index (χ0) is 17.6. The lowest BCUT2D eigenvalue weighted by Gasteiger charge is -2.32. The molecule has 1 unspecified atom stereocenters. The molecular formula is C18H23FN4O2. The van der Waals surface area contributed by atoms with Gasteiger partial charge < -0.3 is 10.1 Å². The first-order valence-corrected chi connectivity index (χ1v) is 8.49. The van der Waals surface area contributed by atoms with Gasteiger partial charge in [-0.05, 0) is 43.7 Å². The van der Waals surface area contributed by atoms with Crippen molar-refractivity contribution < 1.29 is 13.9 Å². The predicted octanol–water partition coefficient (Wildman–Crippen LogP) is 2.29. The van der Waals surface area contributed by atoms with E-state index in [0.717, 1.165) is 25.9 Å². The minimum Gasteiger partial charge on any atom is -0.493 e. The molecule has 0 bridgehead atoms. The Hall–Kier alpha value is -2.41. The van der Waals surface area contributed by atoms with E-state index in [-0.39, 0.29) is 11.7 Å². The number of benzene rings is 1. The number of anilines is 1. The van der Waals surface area contributed by atoms with Gasteiger partial charge in [-0.1, -0.05) is 0 Å². The smallest absolute Gasteiger partial charge is 0.239 e. The number of hydrogen-bond donors (Lipinski definition) is 1. The second-order valence-corrected chi connectivity index (χ2v) is 6.43. The van der Waals surface area contributed by atoms with Crippen LogP contribution in [-0.2, 0) is 11.8 Å². The molecule has 0 radical (unpaired) electrons. The number of nitrogens with zero attached hydrogens (tertiary/aromatic N) is 3. The lowest BCUT2D eigenvalue weighted by molar-refractivity contribution is -0.117. The van der Waals surface area contributed by atoms with Crippen LogP contribution in [0.2, 0.25) is 0 Å². The van der Waals surface area contributed by atoms with Gasteiger partial charge in [0, 0.05) is 31.8 Å². The molecule has 0 aliphatic carbocycles. The summed E-state index contributed by atoms with van der Waals surface area (Å²) < 4.78 is 20.3. The van der Waals surface area contributed by atoms with Crippen LogP contribution in [0.5, 0.6) is 5.75 Å². The average molecular weight is 346 g/mol. The van der Waals surface area contributed by atoms with Crippen LogP contribution in [0, 0.1) is 11.7 Å². The summed E-state index contributed by atoms with van der Waals surface area (Å²) in [6, 6.07) is 7.83. The van der Waals surface area contributed by atoms with Crippen molar-refractivity contribution in [2.45, 2.75) is 12.8 Å². The highest BCUT2D eigenvalue weighted by Crippen LogP contribution is 2.19. The number of ether oxygens (including phenoxy) is 1. The molecule has 3 rings (SSSR count). The van der Waals surface area contributed by atoms with Gasteiger partial charge in [-0.3, -0.25) is 14.4 Å². The standard InChI is InChI=1S/C18H23FN4O2/c1-22-10-8-17(21-22)20-18(24)12-23-9-2-3-14(11-23)13-25-16-6-4-15(19)5-7-16/h4-8,10,14H,2-3,9,11-13H2,1H3,(H,20,21,24). The summed E-state index contributed by atoms with van der Waals surface area (Å²) in [6.45, 7) is 2.65. The Morgan fingerprint density at radius 3 is 2.88 bits per heavy atom. The Balaban J connectivity index is 1.44. The van der Waals surface area contributed by atoms with E-state index >= 15 is 0 Å². The van der Waals surface area contributed by atoms with Crippen LogP contribution in [-0.4, -0.2) is 46.8 Å². The summed E-state index contributed by atoms with van der Waals surface area (Å²) in [5.41, 5.74) is 0. The molecular weight excluding hydrogens is 323 g/mol. The Morgan fingerprint density at radius 1 is 1.36 bits per heavy atom. The molecule has 7 heteroatoms. The van der Waals surface area contributed by atoms with E-state index in [9.17, 15) is 9.18 Å². The number of nitrogens with one attached hydrogen (secondary N) is 1. The van der Waals surface area contributed by atoms with Crippen molar-refractivity contribution in [2.24, 2.45) is 13.0 Å². The van der Waals surface area contributed by atoms with Crippen LogP contribution < -0.4 is 10.1 Å². The molecule has 25 heavy (non-hydrogen) atoms. The first-order chi connectivity index (χ1) is 12.1. The highest BCUT2D eigenvalue weighted by molar-refractivity contribution is 5.91. The Morgan fingerprint density at radius 2 is 2.16 bits per heavy atom. The molecule has 1 aromatic carbocycles. The lowest BCUT2D eigenvalue weighted by atomic mass is 9.99. The summed E-state index contributed by atoms with van der Waals surface area (Å²) in [7, 11) is 1.81. The molecule has 6 nitrogen and oxygen atoms in total. The molecule has 1 fully saturated rings. The van der Waals surface area contributed by atoms with Crippen molar-refractivity contribution in [1.82, 2.24) is 14.7 Å². The van der Waals surface area contributed by atoms with Crippen molar-refractivity contribution in [2.75, 3.05) is 31.6 Å². The first-order valence-electron chi connectivity index (χ1n) is 8.49. The van der Waals surface area contributed by atoms with Gasteiger partial charge in [-0.2, -0.15) is 5.10 Å². The van der Waals surface area contributed by atoms with Gasteiger partial charge in [-0.25, -0.2) is 4.39 Å². The quantitative estimate of drug-likeness (QED) is 0.872. The predicted molar refractivity (Wildman–Crippen MR) is 92.9 cm³/mol. The van der Waals surface area contributed by atoms with Crippen LogP contribution in [0.4, 0.5) is 10.2 Å². The maximum Gasteiger partial charge on any atom is 0.239 e. The molecule has 0 spiro atoms. The molecule has 2 aromatic rings. The lowest BCUT2D eigenvalue weighted by Crippen LogP contribution is -2.42. The molecule has 1 saturated heterocycles. The molecule has 0 saturated carbocycles. The number of carbonyl (C=O) groups excluding carboxylic acids is 1. The largest absolute Gasteiger partial charge is 0.493 e. The minimum absolute atomic E-state index is 0.0567. The Labute approximate surface area is 146 Å². The van der Waals surface area contributed by atoms with Crippen LogP contribution in [0.25, 0.3) is 0 Å². The summed E-state index contributed by atoms with van der Waals surface area (Å²) in [5.74, 6) is 1.28. The van der Waals surface area contributed by atoms with Gasteiger partial charge in [0.2, 0.25) is 5.91 Å². The number of likely N-dealkylation sites (tertiary alicyclic amines) is 1. The van der Waals surface area contributed by atoms with Crippen molar-refractivity contribution in [1.29, 1.82) is 0 Å². The fourth-order valence-corrected chi connectivity index (χ4v) is 3.04. The van der Waals surface area contributed by atoms with Gasteiger partial charge in [0.25, 0.3) is 0 Å². The fourth-order valence-electron chi connectivity index (χ4n) is 3.04. The molecule has 134 valence electrons. The Bertz CT molecular complexity index is 701. The van der Waals surface area contributed by atoms with E-state index in [1.54, 1.807) is 29.1 Å². The molecule has 1 aromatic heterocycles. The Kier molecular flexibility index (Phi) is 5.65. The second-order valence-electron chi connectivity index (χ2n) is 6.43. The van der Waals surface area contributed by atoms with E-state index in [2.05, 4.69) is 15.3 Å². The monoisotopic (exact) mass is 346 g/mol. The van der Waals surface area contributed by atoms with Crippen LogP contribution >= 0.6 is 0 Å². The third kappa shape index (κ3) is 5.29. The first kappa shape index (κ1) is 17.4. The van der Waals surface area contributed by atoms with Crippen molar-refractivity contribution in [3.05, 3.63) is 42.3 Å². The molecule has 1 aliphatic heterocycles. The van der Waals surface area contributed by atoms with E-state index in [4.69, 9.17) is 4.74 Å². The SMILES string of the molecule is Cn1ccc(NC(=O)CN2CCCC(COc3ccc(F)cc3)C2)n1. The van der Waals surface area contributed by atoms with E-state index in [1.165, 1.54) is 12.1 Å². The number of aryl methyl sites for hydroxylation is 1. The number of piperidine rings is 1. The third-order valence-corrected chi connectivity index (χ3v) is 4.25. The normalized spacial score (nSPS) is 18.1. The number of carbonyl (C=O) groups is 1. The zero-order valence-electron chi connectivity index (χ0n) is 14.3. The number of halogens is 1. The van der Waals surface area contributed by atoms with Crippen molar-refractivity contribution >= 4 is 11.7 Å². The van der Waals surface area contributed by atoms with E-state index < -0.39 is 0 Å². The maximum absolute atomic E-state index is 12.9. The highest BCUT2D eigenvalue weighted by Gasteiger charge is 2.22. The molecule has 2 heterocycles. The second kappa shape index (κ2) is 8.11. The van der Waals surface area contributed by atoms with E-state index in [0.29, 0.717) is 30.6 Å². The summed E-state index contributed by atoms with van der Waals surface area (Å²) >= 11 is 0. The minimum atomic E-state index is -0.268. The number of hydrogen-bond acceptors (Lipinski definition) is 4. The summed E-state index contributed by atoms with van der Waals surface area (Å²) in [4.78, 5) is 14.3. The van der Waals surface area contributed by atoms with Crippen molar-refractivity contribution in [3.63, 3.8) is 0 Å². The van der Waals surface area contributed by atoms with Crippen LogP contribution in [0.3, 0.4) is 0 Å². The summed E-state index contributed by atoms with van der Waals surface area (Å²) in [6.07, 6.45) is 3.90. The highest BCUT2D eigenvalue weighted by atomic mass is 19.1. The average Bonchev–Trinajstić information content (AvgIpc) is 2.99. The van der Waals surface area contributed by atoms with Crippen LogP contribution in [0.1, 0.15) is 12.8 Å². The van der Waals surface area contributed by atoms with Gasteiger partial charge in [0.05, 0.1) is 13.2 Å². The van der Waals surface area contributed by atoms with Gasteiger partial charge >= 0.3 is 0 Å². The number of rotatable bonds is 6. The van der Waals surface area contributed by atoms with Gasteiger partial charge in [0.1, 0.15) is 11.6 Å². The molecule has 1 N–H and O–H groups in total. The zero-order valence-corrected chi connectivity index (χ0v) is 14.3. The molecule has 1 aliphatic rings. The van der Waals surface area contributed by atoms with E-state index in [1.807, 2.05) is 7.05 Å². The summed E-state index contributed by atoms with van der Waals surface area (Å²) in [5, 5.41) is 6.96.